The number of amides is 1. The third-order valence-electron chi connectivity index (χ3n) is 4.05. The molecule has 0 heterocycles. The highest BCUT2D eigenvalue weighted by molar-refractivity contribution is 7.92. The van der Waals surface area contributed by atoms with Crippen LogP contribution in [0.4, 0.5) is 15.8 Å². The summed E-state index contributed by atoms with van der Waals surface area (Å²) < 4.78 is 45.2. The first-order chi connectivity index (χ1) is 13.9. The predicted octanol–water partition coefficient (Wildman–Crippen LogP) is 3.82. The highest BCUT2D eigenvalue weighted by Crippen LogP contribution is 2.19. The standard InChI is InChI=1S/C21H19FN2O4S/c1-28-19-4-2-3-18(14-19)23-21(25)13-15-5-9-17(10-6-15)24-29(26,27)20-11-7-16(22)8-12-20/h2-12,14,24H,13H2,1H3,(H,23,25). The van der Waals surface area contributed by atoms with Gasteiger partial charge in [-0.3, -0.25) is 9.52 Å². The number of ether oxygens (including phenoxy) is 1. The van der Waals surface area contributed by atoms with Crippen molar-refractivity contribution in [2.45, 2.75) is 11.3 Å². The Morgan fingerprint density at radius 2 is 1.66 bits per heavy atom. The third kappa shape index (κ3) is 5.55. The lowest BCUT2D eigenvalue weighted by molar-refractivity contribution is -0.115. The van der Waals surface area contributed by atoms with E-state index in [9.17, 15) is 17.6 Å². The van der Waals surface area contributed by atoms with Crippen LogP contribution in [-0.4, -0.2) is 21.4 Å². The summed E-state index contributed by atoms with van der Waals surface area (Å²) in [5, 5.41) is 2.78. The lowest BCUT2D eigenvalue weighted by Crippen LogP contribution is -2.15. The maximum atomic E-state index is 13.0. The Bertz CT molecular complexity index is 1100. The van der Waals surface area contributed by atoms with Gasteiger partial charge in [-0.15, -0.1) is 0 Å². The van der Waals surface area contributed by atoms with Crippen LogP contribution in [0.1, 0.15) is 5.56 Å². The van der Waals surface area contributed by atoms with Gasteiger partial charge in [0.25, 0.3) is 10.0 Å². The molecule has 0 aliphatic carbocycles. The highest BCUT2D eigenvalue weighted by Gasteiger charge is 2.14. The van der Waals surface area contributed by atoms with Crippen LogP contribution in [0.25, 0.3) is 0 Å². The summed E-state index contributed by atoms with van der Waals surface area (Å²) in [6.45, 7) is 0. The second kappa shape index (κ2) is 8.74. The topological polar surface area (TPSA) is 84.5 Å². The van der Waals surface area contributed by atoms with Crippen molar-refractivity contribution in [1.82, 2.24) is 0 Å². The fourth-order valence-corrected chi connectivity index (χ4v) is 3.67. The number of methoxy groups -OCH3 is 1. The fraction of sp³-hybridized carbons (Fsp3) is 0.0952. The zero-order valence-electron chi connectivity index (χ0n) is 15.6. The molecule has 29 heavy (non-hydrogen) atoms. The monoisotopic (exact) mass is 414 g/mol. The van der Waals surface area contributed by atoms with Crippen LogP contribution in [0.15, 0.2) is 77.7 Å². The highest BCUT2D eigenvalue weighted by atomic mass is 32.2. The summed E-state index contributed by atoms with van der Waals surface area (Å²) in [4.78, 5) is 12.2. The lowest BCUT2D eigenvalue weighted by atomic mass is 10.1. The molecular weight excluding hydrogens is 395 g/mol. The second-order valence-electron chi connectivity index (χ2n) is 6.21. The summed E-state index contributed by atoms with van der Waals surface area (Å²) in [5.74, 6) is -0.0842. The predicted molar refractivity (Wildman–Crippen MR) is 109 cm³/mol. The number of hydrogen-bond acceptors (Lipinski definition) is 4. The van der Waals surface area contributed by atoms with Crippen molar-refractivity contribution in [3.63, 3.8) is 0 Å². The molecule has 3 aromatic carbocycles. The molecule has 0 spiro atoms. The van der Waals surface area contributed by atoms with Gasteiger partial charge in [0.05, 0.1) is 18.4 Å². The molecule has 0 atom stereocenters. The van der Waals surface area contributed by atoms with Gasteiger partial charge in [0.1, 0.15) is 11.6 Å². The van der Waals surface area contributed by atoms with Crippen molar-refractivity contribution >= 4 is 27.3 Å². The maximum Gasteiger partial charge on any atom is 0.261 e. The normalized spacial score (nSPS) is 11.0. The van der Waals surface area contributed by atoms with E-state index in [1.807, 2.05) is 0 Å². The van der Waals surface area contributed by atoms with Crippen LogP contribution >= 0.6 is 0 Å². The largest absolute Gasteiger partial charge is 0.497 e. The minimum Gasteiger partial charge on any atom is -0.497 e. The average molecular weight is 414 g/mol. The molecule has 3 rings (SSSR count). The summed E-state index contributed by atoms with van der Waals surface area (Å²) in [6, 6.07) is 18.0. The van der Waals surface area contributed by atoms with Crippen molar-refractivity contribution in [2.24, 2.45) is 0 Å². The van der Waals surface area contributed by atoms with Gasteiger partial charge in [-0.1, -0.05) is 18.2 Å². The minimum atomic E-state index is -3.82. The van der Waals surface area contributed by atoms with Gasteiger partial charge in [0.2, 0.25) is 5.91 Å². The van der Waals surface area contributed by atoms with E-state index in [2.05, 4.69) is 10.0 Å². The van der Waals surface area contributed by atoms with Crippen LogP contribution in [-0.2, 0) is 21.2 Å². The molecule has 0 aliphatic rings. The molecule has 2 N–H and O–H groups in total. The van der Waals surface area contributed by atoms with E-state index in [1.54, 1.807) is 55.6 Å². The maximum absolute atomic E-state index is 13.0. The molecular formula is C21H19FN2O4S. The first kappa shape index (κ1) is 20.3. The van der Waals surface area contributed by atoms with Gasteiger partial charge in [-0.05, 0) is 54.1 Å². The molecule has 8 heteroatoms. The smallest absolute Gasteiger partial charge is 0.261 e. The van der Waals surface area contributed by atoms with E-state index in [4.69, 9.17) is 4.74 Å². The number of carbonyl (C=O) groups excluding carboxylic acids is 1. The van der Waals surface area contributed by atoms with Gasteiger partial charge in [0, 0.05) is 17.4 Å². The van der Waals surface area contributed by atoms with Gasteiger partial charge in [-0.2, -0.15) is 0 Å². The van der Waals surface area contributed by atoms with Crippen LogP contribution < -0.4 is 14.8 Å². The zero-order chi connectivity index (χ0) is 20.9. The molecule has 0 saturated carbocycles. The Hall–Kier alpha value is -3.39. The molecule has 1 amide bonds. The van der Waals surface area contributed by atoms with Crippen molar-refractivity contribution in [3.8, 4) is 5.75 Å². The molecule has 0 fully saturated rings. The van der Waals surface area contributed by atoms with Gasteiger partial charge >= 0.3 is 0 Å². The first-order valence-electron chi connectivity index (χ1n) is 8.67. The van der Waals surface area contributed by atoms with Gasteiger partial charge < -0.3 is 10.1 Å². The third-order valence-corrected chi connectivity index (χ3v) is 5.45. The Morgan fingerprint density at radius 1 is 0.966 bits per heavy atom. The lowest BCUT2D eigenvalue weighted by Gasteiger charge is -2.10. The first-order valence-corrected chi connectivity index (χ1v) is 10.2. The van der Waals surface area contributed by atoms with E-state index in [0.717, 1.165) is 17.7 Å². The van der Waals surface area contributed by atoms with E-state index in [-0.39, 0.29) is 17.2 Å². The van der Waals surface area contributed by atoms with Crippen LogP contribution in [0.3, 0.4) is 0 Å². The summed E-state index contributed by atoms with van der Waals surface area (Å²) in [7, 11) is -2.27. The Kier molecular flexibility index (Phi) is 6.13. The minimum absolute atomic E-state index is 0.0411. The van der Waals surface area contributed by atoms with E-state index in [0.29, 0.717) is 17.1 Å². The molecule has 0 aliphatic heterocycles. The molecule has 3 aromatic rings. The van der Waals surface area contributed by atoms with Gasteiger partial charge in [0.15, 0.2) is 0 Å². The second-order valence-corrected chi connectivity index (χ2v) is 7.90. The summed E-state index contributed by atoms with van der Waals surface area (Å²) >= 11 is 0. The Morgan fingerprint density at radius 3 is 2.31 bits per heavy atom. The number of rotatable bonds is 7. The molecule has 0 saturated heterocycles. The van der Waals surface area contributed by atoms with E-state index in [1.165, 1.54) is 12.1 Å². The van der Waals surface area contributed by atoms with Crippen LogP contribution in [0, 0.1) is 5.82 Å². The Labute approximate surface area is 168 Å². The number of nitrogens with one attached hydrogen (secondary N) is 2. The molecule has 6 nitrogen and oxygen atoms in total. The number of sulfonamides is 1. The molecule has 0 bridgehead atoms. The summed E-state index contributed by atoms with van der Waals surface area (Å²) in [6.07, 6.45) is 0.127. The van der Waals surface area contributed by atoms with Crippen LogP contribution in [0.5, 0.6) is 5.75 Å². The number of benzene rings is 3. The van der Waals surface area contributed by atoms with Crippen molar-refractivity contribution in [3.05, 3.63) is 84.2 Å². The number of carbonyl (C=O) groups is 1. The van der Waals surface area contributed by atoms with Crippen LogP contribution in [0.2, 0.25) is 0 Å². The summed E-state index contributed by atoms with van der Waals surface area (Å²) in [5.41, 5.74) is 1.68. The molecule has 0 unspecified atom stereocenters. The molecule has 0 aromatic heterocycles. The van der Waals surface area contributed by atoms with Crippen molar-refractivity contribution in [1.29, 1.82) is 0 Å². The van der Waals surface area contributed by atoms with Crippen molar-refractivity contribution < 1.29 is 22.3 Å². The molecule has 150 valence electrons. The molecule has 0 radical (unpaired) electrons. The fourth-order valence-electron chi connectivity index (χ4n) is 2.61. The number of hydrogen-bond donors (Lipinski definition) is 2. The van der Waals surface area contributed by atoms with E-state index >= 15 is 0 Å². The Balaban J connectivity index is 1.62. The van der Waals surface area contributed by atoms with Gasteiger partial charge in [-0.25, -0.2) is 12.8 Å². The SMILES string of the molecule is COc1cccc(NC(=O)Cc2ccc(NS(=O)(=O)c3ccc(F)cc3)cc2)c1. The average Bonchev–Trinajstić information content (AvgIpc) is 2.69. The van der Waals surface area contributed by atoms with E-state index < -0.39 is 15.8 Å². The number of halogens is 1. The van der Waals surface area contributed by atoms with Crippen molar-refractivity contribution in [2.75, 3.05) is 17.1 Å². The zero-order valence-corrected chi connectivity index (χ0v) is 16.4. The quantitative estimate of drug-likeness (QED) is 0.616. The number of anilines is 2.